The van der Waals surface area contributed by atoms with E-state index in [1.807, 2.05) is 0 Å². The summed E-state index contributed by atoms with van der Waals surface area (Å²) in [5.74, 6) is 0.648. The lowest BCUT2D eigenvalue weighted by Crippen LogP contribution is -2.43. The van der Waals surface area contributed by atoms with Crippen LogP contribution in [0.15, 0.2) is 24.3 Å². The van der Waals surface area contributed by atoms with Gasteiger partial charge in [-0.1, -0.05) is 45.0 Å². The maximum atomic E-state index is 6.38. The van der Waals surface area contributed by atoms with E-state index in [1.165, 1.54) is 24.0 Å². The summed E-state index contributed by atoms with van der Waals surface area (Å²) >= 11 is 0. The van der Waals surface area contributed by atoms with Crippen LogP contribution in [-0.4, -0.2) is 6.04 Å². The number of aryl methyl sites for hydroxylation is 1. The van der Waals surface area contributed by atoms with E-state index >= 15 is 0 Å². The topological polar surface area (TPSA) is 26.0 Å². The summed E-state index contributed by atoms with van der Waals surface area (Å²) in [6.07, 6.45) is 3.61. The number of rotatable bonds is 1. The van der Waals surface area contributed by atoms with Crippen molar-refractivity contribution in [3.63, 3.8) is 0 Å². The van der Waals surface area contributed by atoms with Gasteiger partial charge in [0.05, 0.1) is 0 Å². The number of nitrogens with two attached hydrogens (primary N) is 1. The van der Waals surface area contributed by atoms with E-state index in [9.17, 15) is 0 Å². The Morgan fingerprint density at radius 2 is 1.81 bits per heavy atom. The van der Waals surface area contributed by atoms with Crippen LogP contribution in [-0.2, 0) is 12.8 Å². The van der Waals surface area contributed by atoms with E-state index in [0.717, 1.165) is 6.42 Å². The van der Waals surface area contributed by atoms with Crippen molar-refractivity contribution >= 4 is 0 Å². The normalized spacial score (nSPS) is 22.6. The standard InChI is InChI=1S/C15H23N/c1-15(2,3)14(16)13-9-8-11-6-4-5-7-12(11)10-13/h4-7,13-14H,8-10,16H2,1-3H3. The molecule has 1 aliphatic rings. The first kappa shape index (κ1) is 11.7. The Kier molecular flexibility index (Phi) is 3.07. The molecule has 2 N–H and O–H groups in total. The zero-order valence-electron chi connectivity index (χ0n) is 10.7. The molecule has 1 nitrogen and oxygen atoms in total. The zero-order valence-corrected chi connectivity index (χ0v) is 10.7. The fraction of sp³-hybridized carbons (Fsp3) is 0.600. The summed E-state index contributed by atoms with van der Waals surface area (Å²) in [6, 6.07) is 9.11. The maximum Gasteiger partial charge on any atom is 0.0119 e. The highest BCUT2D eigenvalue weighted by molar-refractivity contribution is 5.30. The third-order valence-electron chi connectivity index (χ3n) is 3.89. The molecule has 2 unspecified atom stereocenters. The van der Waals surface area contributed by atoms with E-state index in [0.29, 0.717) is 12.0 Å². The lowest BCUT2D eigenvalue weighted by molar-refractivity contribution is 0.220. The number of benzene rings is 1. The fourth-order valence-electron chi connectivity index (χ4n) is 2.74. The van der Waals surface area contributed by atoms with Crippen molar-refractivity contribution in [1.29, 1.82) is 0 Å². The van der Waals surface area contributed by atoms with Gasteiger partial charge in [-0.05, 0) is 41.7 Å². The molecular formula is C15H23N. The van der Waals surface area contributed by atoms with Gasteiger partial charge in [0.2, 0.25) is 0 Å². The molecule has 0 bridgehead atoms. The van der Waals surface area contributed by atoms with Crippen LogP contribution in [0.2, 0.25) is 0 Å². The van der Waals surface area contributed by atoms with Crippen molar-refractivity contribution in [3.05, 3.63) is 35.4 Å². The van der Waals surface area contributed by atoms with Gasteiger partial charge in [-0.3, -0.25) is 0 Å². The third-order valence-corrected chi connectivity index (χ3v) is 3.89. The molecular weight excluding hydrogens is 194 g/mol. The van der Waals surface area contributed by atoms with Gasteiger partial charge in [0, 0.05) is 6.04 Å². The first-order chi connectivity index (χ1) is 7.48. The second-order valence-electron chi connectivity index (χ2n) is 6.16. The second-order valence-corrected chi connectivity index (χ2v) is 6.16. The number of fused-ring (bicyclic) bond motifs is 1. The summed E-state index contributed by atoms with van der Waals surface area (Å²) in [5.41, 5.74) is 9.64. The molecule has 0 spiro atoms. The van der Waals surface area contributed by atoms with Crippen LogP contribution in [0.25, 0.3) is 0 Å². The predicted molar refractivity (Wildman–Crippen MR) is 69.4 cm³/mol. The molecule has 0 amide bonds. The SMILES string of the molecule is CC(C)(C)C(N)C1CCc2ccccc2C1. The van der Waals surface area contributed by atoms with Crippen LogP contribution in [0, 0.1) is 11.3 Å². The van der Waals surface area contributed by atoms with Gasteiger partial charge in [0.15, 0.2) is 0 Å². The molecule has 88 valence electrons. The minimum Gasteiger partial charge on any atom is -0.327 e. The van der Waals surface area contributed by atoms with Crippen molar-refractivity contribution in [2.75, 3.05) is 0 Å². The zero-order chi connectivity index (χ0) is 11.8. The van der Waals surface area contributed by atoms with E-state index in [4.69, 9.17) is 5.73 Å². The van der Waals surface area contributed by atoms with Gasteiger partial charge in [-0.15, -0.1) is 0 Å². The van der Waals surface area contributed by atoms with Crippen LogP contribution in [0.1, 0.15) is 38.3 Å². The first-order valence-electron chi connectivity index (χ1n) is 6.31. The molecule has 1 aromatic rings. The molecule has 1 aromatic carbocycles. The van der Waals surface area contributed by atoms with Crippen molar-refractivity contribution in [2.45, 2.75) is 46.1 Å². The van der Waals surface area contributed by atoms with Crippen molar-refractivity contribution in [1.82, 2.24) is 0 Å². The largest absolute Gasteiger partial charge is 0.327 e. The molecule has 0 saturated heterocycles. The molecule has 0 aromatic heterocycles. The van der Waals surface area contributed by atoms with E-state index < -0.39 is 0 Å². The Labute approximate surface area is 99.0 Å². The molecule has 0 saturated carbocycles. The van der Waals surface area contributed by atoms with Crippen molar-refractivity contribution in [2.24, 2.45) is 17.1 Å². The lowest BCUT2D eigenvalue weighted by atomic mass is 9.72. The van der Waals surface area contributed by atoms with Gasteiger partial charge < -0.3 is 5.73 Å². The van der Waals surface area contributed by atoms with Gasteiger partial charge in [0.1, 0.15) is 0 Å². The minimum atomic E-state index is 0.219. The fourth-order valence-corrected chi connectivity index (χ4v) is 2.74. The highest BCUT2D eigenvalue weighted by Gasteiger charge is 2.31. The van der Waals surface area contributed by atoms with Crippen LogP contribution >= 0.6 is 0 Å². The molecule has 1 heteroatoms. The quantitative estimate of drug-likeness (QED) is 0.768. The Balaban J connectivity index is 2.14. The summed E-state index contributed by atoms with van der Waals surface area (Å²) in [5, 5.41) is 0. The van der Waals surface area contributed by atoms with Gasteiger partial charge in [0.25, 0.3) is 0 Å². The molecule has 0 radical (unpaired) electrons. The Bertz CT molecular complexity index is 362. The summed E-state index contributed by atoms with van der Waals surface area (Å²) in [6.45, 7) is 6.74. The van der Waals surface area contributed by atoms with Gasteiger partial charge >= 0.3 is 0 Å². The monoisotopic (exact) mass is 217 g/mol. The van der Waals surface area contributed by atoms with Crippen LogP contribution in [0.3, 0.4) is 0 Å². The summed E-state index contributed by atoms with van der Waals surface area (Å²) < 4.78 is 0. The molecule has 2 rings (SSSR count). The number of hydrogen-bond donors (Lipinski definition) is 1. The second kappa shape index (κ2) is 4.21. The molecule has 16 heavy (non-hydrogen) atoms. The van der Waals surface area contributed by atoms with E-state index in [1.54, 1.807) is 0 Å². The average Bonchev–Trinajstić information content (AvgIpc) is 2.26. The molecule has 0 fully saturated rings. The lowest BCUT2D eigenvalue weighted by Gasteiger charge is -2.37. The molecule has 2 atom stereocenters. The third kappa shape index (κ3) is 2.30. The average molecular weight is 217 g/mol. The Morgan fingerprint density at radius 3 is 2.44 bits per heavy atom. The van der Waals surface area contributed by atoms with E-state index in [2.05, 4.69) is 45.0 Å². The van der Waals surface area contributed by atoms with Crippen molar-refractivity contribution in [3.8, 4) is 0 Å². The highest BCUT2D eigenvalue weighted by Crippen LogP contribution is 2.33. The first-order valence-corrected chi connectivity index (χ1v) is 6.31. The van der Waals surface area contributed by atoms with Crippen molar-refractivity contribution < 1.29 is 0 Å². The molecule has 0 heterocycles. The van der Waals surface area contributed by atoms with Gasteiger partial charge in [-0.25, -0.2) is 0 Å². The smallest absolute Gasteiger partial charge is 0.0119 e. The van der Waals surface area contributed by atoms with Crippen LogP contribution < -0.4 is 5.73 Å². The minimum absolute atomic E-state index is 0.219. The molecule has 0 aliphatic heterocycles. The maximum absolute atomic E-state index is 6.38. The van der Waals surface area contributed by atoms with Gasteiger partial charge in [-0.2, -0.15) is 0 Å². The highest BCUT2D eigenvalue weighted by atomic mass is 14.7. The number of hydrogen-bond acceptors (Lipinski definition) is 1. The Morgan fingerprint density at radius 1 is 1.19 bits per heavy atom. The predicted octanol–water partition coefficient (Wildman–Crippen LogP) is 3.16. The van der Waals surface area contributed by atoms with Crippen LogP contribution in [0.4, 0.5) is 0 Å². The van der Waals surface area contributed by atoms with E-state index in [-0.39, 0.29) is 5.41 Å². The Hall–Kier alpha value is -0.820. The summed E-state index contributed by atoms with van der Waals surface area (Å²) in [4.78, 5) is 0. The molecule has 1 aliphatic carbocycles. The van der Waals surface area contributed by atoms with Crippen LogP contribution in [0.5, 0.6) is 0 Å². The summed E-state index contributed by atoms with van der Waals surface area (Å²) in [7, 11) is 0.